The number of rotatable bonds is 6. The molecule has 1 fully saturated rings. The van der Waals surface area contributed by atoms with Gasteiger partial charge >= 0.3 is 6.03 Å². The van der Waals surface area contributed by atoms with Crippen LogP contribution in [0.15, 0.2) is 52.0 Å². The molecule has 1 aliphatic carbocycles. The summed E-state index contributed by atoms with van der Waals surface area (Å²) < 4.78 is 28.2. The molecule has 24 heavy (non-hydrogen) atoms. The first-order chi connectivity index (χ1) is 11.4. The molecule has 0 bridgehead atoms. The molecule has 1 aromatic heterocycles. The predicted molar refractivity (Wildman–Crippen MR) is 89.1 cm³/mol. The Bertz CT molecular complexity index is 794. The van der Waals surface area contributed by atoms with Gasteiger partial charge in [0, 0.05) is 18.8 Å². The van der Waals surface area contributed by atoms with Gasteiger partial charge in [0.1, 0.15) is 5.76 Å². The van der Waals surface area contributed by atoms with E-state index in [1.807, 2.05) is 12.1 Å². The molecule has 2 aromatic rings. The zero-order valence-electron chi connectivity index (χ0n) is 13.4. The molecule has 1 saturated carbocycles. The molecule has 1 aromatic carbocycles. The van der Waals surface area contributed by atoms with E-state index in [1.54, 1.807) is 35.4 Å². The quantitative estimate of drug-likeness (QED) is 0.870. The van der Waals surface area contributed by atoms with Gasteiger partial charge in [-0.15, -0.1) is 0 Å². The first-order valence-corrected chi connectivity index (χ1v) is 9.68. The zero-order valence-corrected chi connectivity index (χ0v) is 14.3. The van der Waals surface area contributed by atoms with E-state index < -0.39 is 9.84 Å². The van der Waals surface area contributed by atoms with Gasteiger partial charge in [0.05, 0.1) is 17.7 Å². The van der Waals surface area contributed by atoms with Gasteiger partial charge in [0.15, 0.2) is 9.84 Å². The summed E-state index contributed by atoms with van der Waals surface area (Å²) in [6, 6.07) is 10.3. The molecule has 0 saturated heterocycles. The number of nitrogens with one attached hydrogen (secondary N) is 1. The fraction of sp³-hybridized carbons (Fsp3) is 0.353. The Morgan fingerprint density at radius 1 is 1.25 bits per heavy atom. The minimum atomic E-state index is -3.20. The second kappa shape index (κ2) is 6.68. The number of nitrogens with zero attached hydrogens (tertiary/aromatic N) is 1. The van der Waals surface area contributed by atoms with Crippen LogP contribution in [0, 0.1) is 0 Å². The molecule has 7 heteroatoms. The van der Waals surface area contributed by atoms with Gasteiger partial charge < -0.3 is 14.6 Å². The van der Waals surface area contributed by atoms with Crippen LogP contribution in [0.4, 0.5) is 4.79 Å². The Morgan fingerprint density at radius 3 is 2.50 bits per heavy atom. The van der Waals surface area contributed by atoms with Gasteiger partial charge in [-0.1, -0.05) is 12.1 Å². The largest absolute Gasteiger partial charge is 0.467 e. The van der Waals surface area contributed by atoms with E-state index in [9.17, 15) is 13.2 Å². The standard InChI is InChI=1S/C17H20N2O4S/c1-24(21,22)16-8-4-13(5-9-16)11-18-17(20)19(14-6-7-14)12-15-3-2-10-23-15/h2-5,8-10,14H,6-7,11-12H2,1H3,(H,18,20). The summed E-state index contributed by atoms with van der Waals surface area (Å²) in [5, 5.41) is 2.89. The van der Waals surface area contributed by atoms with E-state index in [1.165, 1.54) is 6.26 Å². The number of sulfone groups is 1. The van der Waals surface area contributed by atoms with Crippen molar-refractivity contribution in [2.24, 2.45) is 0 Å². The van der Waals surface area contributed by atoms with Crippen LogP contribution in [0.5, 0.6) is 0 Å². The molecule has 128 valence electrons. The number of hydrogen-bond donors (Lipinski definition) is 1. The van der Waals surface area contributed by atoms with Crippen molar-refractivity contribution in [1.29, 1.82) is 0 Å². The number of furan rings is 1. The Hall–Kier alpha value is -2.28. The Labute approximate surface area is 141 Å². The summed E-state index contributed by atoms with van der Waals surface area (Å²) in [6.07, 6.45) is 4.79. The summed E-state index contributed by atoms with van der Waals surface area (Å²) in [5.74, 6) is 0.759. The van der Waals surface area contributed by atoms with Crippen molar-refractivity contribution in [3.63, 3.8) is 0 Å². The number of amides is 2. The number of carbonyl (C=O) groups excluding carboxylic acids is 1. The van der Waals surface area contributed by atoms with E-state index in [4.69, 9.17) is 4.42 Å². The van der Waals surface area contributed by atoms with Gasteiger partial charge in [-0.3, -0.25) is 0 Å². The van der Waals surface area contributed by atoms with Crippen LogP contribution in [-0.2, 0) is 22.9 Å². The highest BCUT2D eigenvalue weighted by Gasteiger charge is 2.33. The van der Waals surface area contributed by atoms with Crippen LogP contribution in [-0.4, -0.2) is 31.6 Å². The van der Waals surface area contributed by atoms with E-state index >= 15 is 0 Å². The molecule has 0 aliphatic heterocycles. The predicted octanol–water partition coefficient (Wildman–Crippen LogP) is 2.56. The van der Waals surface area contributed by atoms with Crippen LogP contribution in [0.1, 0.15) is 24.2 Å². The number of carbonyl (C=O) groups is 1. The third-order valence-corrected chi connectivity index (χ3v) is 5.08. The normalized spacial score (nSPS) is 14.4. The van der Waals surface area contributed by atoms with Gasteiger partial charge in [-0.2, -0.15) is 0 Å². The van der Waals surface area contributed by atoms with E-state index in [0.29, 0.717) is 13.1 Å². The van der Waals surface area contributed by atoms with Gasteiger partial charge in [0.2, 0.25) is 0 Å². The topological polar surface area (TPSA) is 79.6 Å². The van der Waals surface area contributed by atoms with E-state index in [-0.39, 0.29) is 17.0 Å². The van der Waals surface area contributed by atoms with Crippen molar-refractivity contribution < 1.29 is 17.6 Å². The summed E-state index contributed by atoms with van der Waals surface area (Å²) in [5.41, 5.74) is 0.851. The molecular formula is C17H20N2O4S. The minimum Gasteiger partial charge on any atom is -0.467 e. The molecule has 0 atom stereocenters. The van der Waals surface area contributed by atoms with Crippen LogP contribution in [0.25, 0.3) is 0 Å². The monoisotopic (exact) mass is 348 g/mol. The SMILES string of the molecule is CS(=O)(=O)c1ccc(CNC(=O)N(Cc2ccco2)C2CC2)cc1. The molecule has 6 nitrogen and oxygen atoms in total. The molecule has 0 unspecified atom stereocenters. The molecule has 2 amide bonds. The second-order valence-corrected chi connectivity index (χ2v) is 8.03. The Morgan fingerprint density at radius 2 is 1.96 bits per heavy atom. The van der Waals surface area contributed by atoms with Crippen molar-refractivity contribution in [3.05, 3.63) is 54.0 Å². The third kappa shape index (κ3) is 4.17. The van der Waals surface area contributed by atoms with Crippen LogP contribution < -0.4 is 5.32 Å². The van der Waals surface area contributed by atoms with Crippen LogP contribution in [0.3, 0.4) is 0 Å². The molecule has 1 aliphatic rings. The van der Waals surface area contributed by atoms with Crippen LogP contribution in [0.2, 0.25) is 0 Å². The fourth-order valence-electron chi connectivity index (χ4n) is 2.46. The van der Waals surface area contributed by atoms with Crippen molar-refractivity contribution in [2.45, 2.75) is 36.9 Å². The lowest BCUT2D eigenvalue weighted by atomic mass is 10.2. The van der Waals surface area contributed by atoms with Crippen LogP contribution >= 0.6 is 0 Å². The van der Waals surface area contributed by atoms with Crippen molar-refractivity contribution in [1.82, 2.24) is 10.2 Å². The third-order valence-electron chi connectivity index (χ3n) is 3.95. The summed E-state index contributed by atoms with van der Waals surface area (Å²) >= 11 is 0. The summed E-state index contributed by atoms with van der Waals surface area (Å²) in [4.78, 5) is 14.5. The summed E-state index contributed by atoms with van der Waals surface area (Å²) in [6.45, 7) is 0.806. The maximum atomic E-state index is 12.4. The van der Waals surface area contributed by atoms with Crippen molar-refractivity contribution in [2.75, 3.05) is 6.26 Å². The molecular weight excluding hydrogens is 328 g/mol. The molecule has 3 rings (SSSR count). The van der Waals surface area contributed by atoms with Gasteiger partial charge in [-0.25, -0.2) is 13.2 Å². The first kappa shape index (κ1) is 16.6. The number of benzene rings is 1. The second-order valence-electron chi connectivity index (χ2n) is 6.01. The van der Waals surface area contributed by atoms with Gasteiger partial charge in [-0.05, 0) is 42.7 Å². The minimum absolute atomic E-state index is 0.138. The van der Waals surface area contributed by atoms with Crippen molar-refractivity contribution >= 4 is 15.9 Å². The maximum absolute atomic E-state index is 12.4. The lowest BCUT2D eigenvalue weighted by Gasteiger charge is -2.21. The molecule has 0 radical (unpaired) electrons. The average molecular weight is 348 g/mol. The maximum Gasteiger partial charge on any atom is 0.318 e. The average Bonchev–Trinajstić information content (AvgIpc) is 3.26. The summed E-state index contributed by atoms with van der Waals surface area (Å²) in [7, 11) is -3.20. The van der Waals surface area contributed by atoms with E-state index in [0.717, 1.165) is 24.2 Å². The molecule has 1 heterocycles. The highest BCUT2D eigenvalue weighted by Crippen LogP contribution is 2.28. The number of hydrogen-bond acceptors (Lipinski definition) is 4. The lowest BCUT2D eigenvalue weighted by molar-refractivity contribution is 0.186. The highest BCUT2D eigenvalue weighted by molar-refractivity contribution is 7.90. The fourth-order valence-corrected chi connectivity index (χ4v) is 3.09. The Balaban J connectivity index is 1.59. The Kier molecular flexibility index (Phi) is 4.62. The highest BCUT2D eigenvalue weighted by atomic mass is 32.2. The van der Waals surface area contributed by atoms with Gasteiger partial charge in [0.25, 0.3) is 0 Å². The zero-order chi connectivity index (χ0) is 17.2. The van der Waals surface area contributed by atoms with E-state index in [2.05, 4.69) is 5.32 Å². The molecule has 0 spiro atoms. The smallest absolute Gasteiger partial charge is 0.318 e. The van der Waals surface area contributed by atoms with Crippen molar-refractivity contribution in [3.8, 4) is 0 Å². The lowest BCUT2D eigenvalue weighted by Crippen LogP contribution is -2.40. The molecule has 1 N–H and O–H groups in total. The first-order valence-electron chi connectivity index (χ1n) is 7.79. The number of urea groups is 1.